The number of anilines is 3. The summed E-state index contributed by atoms with van der Waals surface area (Å²) in [6, 6.07) is 14.7. The van der Waals surface area contributed by atoms with Gasteiger partial charge in [0.1, 0.15) is 0 Å². The first-order chi connectivity index (χ1) is 17.0. The minimum Gasteiger partial charge on any atom is -0.404 e. The molecule has 0 spiro atoms. The van der Waals surface area contributed by atoms with Crippen LogP contribution in [0.1, 0.15) is 32.3 Å². The third-order valence-electron chi connectivity index (χ3n) is 6.99. The summed E-state index contributed by atoms with van der Waals surface area (Å²) in [7, 11) is 1.96. The summed E-state index contributed by atoms with van der Waals surface area (Å²) in [5, 5.41) is 9.33. The van der Waals surface area contributed by atoms with E-state index in [2.05, 4.69) is 35.3 Å². The van der Waals surface area contributed by atoms with Crippen molar-refractivity contribution in [3.63, 3.8) is 0 Å². The summed E-state index contributed by atoms with van der Waals surface area (Å²) < 4.78 is 1.91. The third kappa shape index (κ3) is 4.30. The molecule has 0 aliphatic carbocycles. The van der Waals surface area contributed by atoms with Crippen LogP contribution in [-0.2, 0) is 11.8 Å². The van der Waals surface area contributed by atoms with Crippen LogP contribution in [0.3, 0.4) is 0 Å². The first kappa shape index (κ1) is 23.1. The van der Waals surface area contributed by atoms with Gasteiger partial charge in [0.25, 0.3) is 0 Å². The predicted octanol–water partition coefficient (Wildman–Crippen LogP) is 3.59. The van der Waals surface area contributed by atoms with Crippen LogP contribution >= 0.6 is 0 Å². The molecule has 2 aliphatic heterocycles. The average molecular weight is 472 g/mol. The number of carbonyl (C=O) groups excluding carboxylic acids is 1. The molecule has 3 N–H and O–H groups in total. The van der Waals surface area contributed by atoms with E-state index in [4.69, 9.17) is 15.8 Å². The Morgan fingerprint density at radius 1 is 1.17 bits per heavy atom. The zero-order valence-corrected chi connectivity index (χ0v) is 20.6. The van der Waals surface area contributed by atoms with Gasteiger partial charge in [0.15, 0.2) is 5.82 Å². The normalized spacial score (nSPS) is 19.5. The van der Waals surface area contributed by atoms with Gasteiger partial charge in [-0.3, -0.25) is 14.5 Å². The monoisotopic (exact) mass is 471 g/mol. The van der Waals surface area contributed by atoms with Crippen molar-refractivity contribution in [2.75, 3.05) is 29.4 Å². The standard InChI is InChI=1S/C27H33N7O/c1-18-17-33(27-23-6-4-5-7-24(23)32(3)31-27)26-14-20(8-9-25(26)34(18)19(2)35)21(15-28)16-30-22-10-12-29-13-11-22/h4-9,14-16,18,22,29H,10-13,17,28H2,1-3H3/t18-/m0/s1. The van der Waals surface area contributed by atoms with E-state index in [1.165, 1.54) is 0 Å². The lowest BCUT2D eigenvalue weighted by Gasteiger charge is -2.41. The second kappa shape index (κ2) is 9.54. The van der Waals surface area contributed by atoms with Crippen molar-refractivity contribution in [1.29, 1.82) is 0 Å². The molecule has 182 valence electrons. The highest BCUT2D eigenvalue weighted by atomic mass is 16.2. The number of rotatable bonds is 4. The maximum Gasteiger partial charge on any atom is 0.224 e. The fraction of sp³-hybridized carbons (Fsp3) is 0.370. The number of hydrogen-bond donors (Lipinski definition) is 2. The van der Waals surface area contributed by atoms with Crippen LogP contribution in [-0.4, -0.2) is 53.6 Å². The average Bonchev–Trinajstić information content (AvgIpc) is 3.20. The van der Waals surface area contributed by atoms with Crippen molar-refractivity contribution < 1.29 is 4.79 Å². The molecule has 3 aromatic rings. The smallest absolute Gasteiger partial charge is 0.224 e. The van der Waals surface area contributed by atoms with Gasteiger partial charge < -0.3 is 20.9 Å². The fourth-order valence-electron chi connectivity index (χ4n) is 5.23. The molecule has 1 amide bonds. The number of allylic oxidation sites excluding steroid dienone is 1. The number of carbonyl (C=O) groups is 1. The van der Waals surface area contributed by atoms with Gasteiger partial charge in [0, 0.05) is 43.9 Å². The number of nitrogens with two attached hydrogens (primary N) is 1. The molecule has 35 heavy (non-hydrogen) atoms. The lowest BCUT2D eigenvalue weighted by molar-refractivity contribution is -0.117. The number of fused-ring (bicyclic) bond motifs is 2. The maximum atomic E-state index is 12.6. The van der Waals surface area contributed by atoms with Gasteiger partial charge in [0.2, 0.25) is 5.91 Å². The molecule has 8 nitrogen and oxygen atoms in total. The zero-order valence-electron chi connectivity index (χ0n) is 20.6. The number of benzene rings is 2. The molecule has 2 aliphatic rings. The summed E-state index contributed by atoms with van der Waals surface area (Å²) in [5.74, 6) is 0.914. The zero-order chi connectivity index (χ0) is 24.5. The van der Waals surface area contributed by atoms with Crippen LogP contribution in [0.5, 0.6) is 0 Å². The number of piperidine rings is 1. The van der Waals surface area contributed by atoms with Gasteiger partial charge in [0.05, 0.1) is 29.0 Å². The van der Waals surface area contributed by atoms with E-state index < -0.39 is 0 Å². The van der Waals surface area contributed by atoms with Gasteiger partial charge >= 0.3 is 0 Å². The Hall–Kier alpha value is -3.65. The second-order valence-electron chi connectivity index (χ2n) is 9.40. The van der Waals surface area contributed by atoms with Gasteiger partial charge in [-0.2, -0.15) is 5.10 Å². The van der Waals surface area contributed by atoms with Crippen LogP contribution in [0, 0.1) is 0 Å². The molecule has 0 unspecified atom stereocenters. The van der Waals surface area contributed by atoms with Crippen LogP contribution < -0.4 is 20.9 Å². The molecular weight excluding hydrogens is 438 g/mol. The largest absolute Gasteiger partial charge is 0.404 e. The molecule has 2 aromatic carbocycles. The first-order valence-corrected chi connectivity index (χ1v) is 12.3. The lowest BCUT2D eigenvalue weighted by atomic mass is 10.0. The Morgan fingerprint density at radius 3 is 2.69 bits per heavy atom. The summed E-state index contributed by atoms with van der Waals surface area (Å²) >= 11 is 0. The molecule has 1 aromatic heterocycles. The van der Waals surface area contributed by atoms with E-state index >= 15 is 0 Å². The number of amides is 1. The van der Waals surface area contributed by atoms with Crippen molar-refractivity contribution in [2.24, 2.45) is 17.8 Å². The van der Waals surface area contributed by atoms with Gasteiger partial charge in [-0.1, -0.05) is 18.2 Å². The van der Waals surface area contributed by atoms with Crippen LogP contribution in [0.25, 0.3) is 16.5 Å². The van der Waals surface area contributed by atoms with Crippen molar-refractivity contribution in [3.8, 4) is 0 Å². The minimum atomic E-state index is -0.00221. The van der Waals surface area contributed by atoms with Crippen molar-refractivity contribution >= 4 is 45.8 Å². The number of aliphatic imine (C=N–C) groups is 1. The highest BCUT2D eigenvalue weighted by molar-refractivity contribution is 6.11. The molecule has 0 saturated carbocycles. The van der Waals surface area contributed by atoms with Crippen molar-refractivity contribution in [2.45, 2.75) is 38.8 Å². The molecule has 1 saturated heterocycles. The van der Waals surface area contributed by atoms with Gasteiger partial charge in [-0.15, -0.1) is 0 Å². The minimum absolute atomic E-state index is 0.00221. The quantitative estimate of drug-likeness (QED) is 0.568. The fourth-order valence-corrected chi connectivity index (χ4v) is 5.23. The third-order valence-corrected chi connectivity index (χ3v) is 6.99. The van der Waals surface area contributed by atoms with Crippen LogP contribution in [0.15, 0.2) is 53.7 Å². The van der Waals surface area contributed by atoms with E-state index in [1.54, 1.807) is 13.1 Å². The number of aromatic nitrogens is 2. The second-order valence-corrected chi connectivity index (χ2v) is 9.40. The summed E-state index contributed by atoms with van der Waals surface area (Å²) in [4.78, 5) is 21.5. The van der Waals surface area contributed by atoms with Crippen molar-refractivity contribution in [1.82, 2.24) is 15.1 Å². The van der Waals surface area contributed by atoms with Crippen LogP contribution in [0.2, 0.25) is 0 Å². The Kier molecular flexibility index (Phi) is 6.30. The van der Waals surface area contributed by atoms with E-state index in [0.29, 0.717) is 12.6 Å². The first-order valence-electron chi connectivity index (χ1n) is 12.3. The lowest BCUT2D eigenvalue weighted by Crippen LogP contribution is -2.48. The molecule has 5 rings (SSSR count). The number of para-hydroxylation sites is 1. The van der Waals surface area contributed by atoms with Gasteiger partial charge in [-0.05, 0) is 62.7 Å². The van der Waals surface area contributed by atoms with Crippen molar-refractivity contribution in [3.05, 3.63) is 54.2 Å². The maximum absolute atomic E-state index is 12.6. The Morgan fingerprint density at radius 2 is 1.94 bits per heavy atom. The molecule has 3 heterocycles. The summed E-state index contributed by atoms with van der Waals surface area (Å²) in [6.07, 6.45) is 5.57. The Labute approximate surface area is 206 Å². The number of nitrogens with one attached hydrogen (secondary N) is 1. The molecule has 8 heteroatoms. The van der Waals surface area contributed by atoms with E-state index in [1.807, 2.05) is 47.1 Å². The van der Waals surface area contributed by atoms with E-state index in [0.717, 1.165) is 65.2 Å². The van der Waals surface area contributed by atoms with E-state index in [9.17, 15) is 4.79 Å². The highest BCUT2D eigenvalue weighted by Gasteiger charge is 2.33. The molecule has 0 radical (unpaired) electrons. The topological polar surface area (TPSA) is 91.8 Å². The SMILES string of the molecule is CC(=O)N1c2ccc(C(C=NC3CCNCC3)=CN)cc2N(c2nn(C)c3ccccc23)C[C@@H]1C. The molecule has 1 fully saturated rings. The van der Waals surface area contributed by atoms with Gasteiger partial charge in [-0.25, -0.2) is 0 Å². The molecule has 1 atom stereocenters. The highest BCUT2D eigenvalue weighted by Crippen LogP contribution is 2.42. The predicted molar refractivity (Wildman–Crippen MR) is 143 cm³/mol. The number of nitrogens with zero attached hydrogens (tertiary/aromatic N) is 5. The Balaban J connectivity index is 1.59. The van der Waals surface area contributed by atoms with E-state index in [-0.39, 0.29) is 11.9 Å². The van der Waals surface area contributed by atoms with Crippen LogP contribution in [0.4, 0.5) is 17.2 Å². The Bertz CT molecular complexity index is 1300. The number of aryl methyl sites for hydroxylation is 1. The number of hydrogen-bond acceptors (Lipinski definition) is 6. The molecular formula is C27H33N7O. The summed E-state index contributed by atoms with van der Waals surface area (Å²) in [5.41, 5.74) is 10.8. The summed E-state index contributed by atoms with van der Waals surface area (Å²) in [6.45, 7) is 6.33. The molecule has 0 bridgehead atoms.